The van der Waals surface area contributed by atoms with Crippen molar-refractivity contribution in [1.29, 1.82) is 0 Å². The highest BCUT2D eigenvalue weighted by molar-refractivity contribution is 6.10. The largest absolute Gasteiger partial charge is 0.355 e. The van der Waals surface area contributed by atoms with Gasteiger partial charge in [0.25, 0.3) is 11.8 Å². The van der Waals surface area contributed by atoms with Crippen molar-refractivity contribution in [3.8, 4) is 0 Å². The summed E-state index contributed by atoms with van der Waals surface area (Å²) in [6, 6.07) is 22.1. The standard InChI is InChI=1S/C22H18N2O3/c1-23-21(26)18-8-5-9-19(14-18)24-22(27)17-12-10-16(11-13-17)20(25)15-6-3-2-4-7-15/h2-14H,1H3,(H,23,26)(H,24,27). The zero-order valence-corrected chi connectivity index (χ0v) is 14.7. The molecular weight excluding hydrogens is 340 g/mol. The summed E-state index contributed by atoms with van der Waals surface area (Å²) in [5, 5.41) is 5.29. The molecule has 27 heavy (non-hydrogen) atoms. The van der Waals surface area contributed by atoms with E-state index in [1.54, 1.807) is 67.7 Å². The Hall–Kier alpha value is -3.73. The summed E-state index contributed by atoms with van der Waals surface area (Å²) in [5.74, 6) is -0.640. The van der Waals surface area contributed by atoms with E-state index in [1.165, 1.54) is 0 Å². The second-order valence-corrected chi connectivity index (χ2v) is 5.89. The number of hydrogen-bond acceptors (Lipinski definition) is 3. The number of carbonyl (C=O) groups excluding carboxylic acids is 3. The second kappa shape index (κ2) is 8.10. The van der Waals surface area contributed by atoms with E-state index in [0.717, 1.165) is 0 Å². The number of carbonyl (C=O) groups is 3. The number of benzene rings is 3. The molecule has 0 aliphatic heterocycles. The molecule has 0 fully saturated rings. The summed E-state index contributed by atoms with van der Waals surface area (Å²) in [4.78, 5) is 36.5. The van der Waals surface area contributed by atoms with Gasteiger partial charge >= 0.3 is 0 Å². The third kappa shape index (κ3) is 4.27. The molecule has 0 spiro atoms. The van der Waals surface area contributed by atoms with Gasteiger partial charge in [-0.15, -0.1) is 0 Å². The Balaban J connectivity index is 1.73. The maximum Gasteiger partial charge on any atom is 0.255 e. The lowest BCUT2D eigenvalue weighted by Gasteiger charge is -2.08. The van der Waals surface area contributed by atoms with Crippen molar-refractivity contribution in [1.82, 2.24) is 5.32 Å². The van der Waals surface area contributed by atoms with Gasteiger partial charge in [-0.2, -0.15) is 0 Å². The highest BCUT2D eigenvalue weighted by Gasteiger charge is 2.11. The van der Waals surface area contributed by atoms with Gasteiger partial charge in [-0.3, -0.25) is 14.4 Å². The fraction of sp³-hybridized carbons (Fsp3) is 0.0455. The van der Waals surface area contributed by atoms with Gasteiger partial charge in [0.1, 0.15) is 0 Å². The van der Waals surface area contributed by atoms with Gasteiger partial charge in [-0.25, -0.2) is 0 Å². The third-order valence-electron chi connectivity index (χ3n) is 4.05. The fourth-order valence-corrected chi connectivity index (χ4v) is 2.61. The second-order valence-electron chi connectivity index (χ2n) is 5.89. The molecule has 0 saturated heterocycles. The summed E-state index contributed by atoms with van der Waals surface area (Å²) in [6.07, 6.45) is 0. The number of amides is 2. The summed E-state index contributed by atoms with van der Waals surface area (Å²) in [5.41, 5.74) is 2.51. The molecule has 0 aliphatic carbocycles. The summed E-state index contributed by atoms with van der Waals surface area (Å²) in [6.45, 7) is 0. The summed E-state index contributed by atoms with van der Waals surface area (Å²) >= 11 is 0. The SMILES string of the molecule is CNC(=O)c1cccc(NC(=O)c2ccc(C(=O)c3ccccc3)cc2)c1. The van der Waals surface area contributed by atoms with Crippen molar-refractivity contribution >= 4 is 23.3 Å². The van der Waals surface area contributed by atoms with Gasteiger partial charge in [-0.05, 0) is 30.3 Å². The highest BCUT2D eigenvalue weighted by Crippen LogP contribution is 2.14. The van der Waals surface area contributed by atoms with Crippen molar-refractivity contribution in [3.63, 3.8) is 0 Å². The minimum absolute atomic E-state index is 0.0964. The molecule has 0 unspecified atom stereocenters. The molecule has 134 valence electrons. The average Bonchev–Trinajstić information content (AvgIpc) is 2.73. The number of nitrogens with one attached hydrogen (secondary N) is 2. The lowest BCUT2D eigenvalue weighted by molar-refractivity contribution is 0.0961. The van der Waals surface area contributed by atoms with Crippen LogP contribution < -0.4 is 10.6 Å². The predicted molar refractivity (Wildman–Crippen MR) is 104 cm³/mol. The monoisotopic (exact) mass is 358 g/mol. The van der Waals surface area contributed by atoms with Crippen molar-refractivity contribution in [2.45, 2.75) is 0 Å². The number of rotatable bonds is 5. The molecule has 2 N–H and O–H groups in total. The lowest BCUT2D eigenvalue weighted by atomic mass is 10.0. The van der Waals surface area contributed by atoms with Gasteiger partial charge in [0.05, 0.1) is 0 Å². The van der Waals surface area contributed by atoms with Gasteiger partial charge < -0.3 is 10.6 Å². The van der Waals surface area contributed by atoms with Crippen LogP contribution in [-0.4, -0.2) is 24.6 Å². The van der Waals surface area contributed by atoms with Gasteiger partial charge in [0, 0.05) is 35.0 Å². The Morgan fingerprint density at radius 3 is 1.89 bits per heavy atom. The van der Waals surface area contributed by atoms with Crippen LogP contribution in [0, 0.1) is 0 Å². The van der Waals surface area contributed by atoms with Crippen molar-refractivity contribution < 1.29 is 14.4 Å². The molecule has 3 aromatic carbocycles. The molecule has 0 aromatic heterocycles. The molecule has 5 heteroatoms. The topological polar surface area (TPSA) is 75.3 Å². The Bertz CT molecular complexity index is 980. The number of anilines is 1. The van der Waals surface area contributed by atoms with Crippen molar-refractivity contribution in [3.05, 3.63) is 101 Å². The maximum absolute atomic E-state index is 12.4. The van der Waals surface area contributed by atoms with E-state index in [4.69, 9.17) is 0 Å². The predicted octanol–water partition coefficient (Wildman–Crippen LogP) is 3.53. The molecule has 3 aromatic rings. The van der Waals surface area contributed by atoms with Gasteiger partial charge in [-0.1, -0.05) is 48.5 Å². The third-order valence-corrected chi connectivity index (χ3v) is 4.05. The maximum atomic E-state index is 12.4. The number of ketones is 1. The molecule has 0 aliphatic rings. The molecule has 2 amide bonds. The van der Waals surface area contributed by atoms with E-state index in [0.29, 0.717) is 27.9 Å². The van der Waals surface area contributed by atoms with E-state index < -0.39 is 0 Å². The van der Waals surface area contributed by atoms with Crippen molar-refractivity contribution in [2.75, 3.05) is 12.4 Å². The van der Waals surface area contributed by atoms with Crippen LogP contribution in [0.5, 0.6) is 0 Å². The lowest BCUT2D eigenvalue weighted by Crippen LogP contribution is -2.18. The van der Waals surface area contributed by atoms with Crippen LogP contribution in [0.1, 0.15) is 36.6 Å². The Labute approximate surface area is 157 Å². The molecule has 5 nitrogen and oxygen atoms in total. The zero-order chi connectivity index (χ0) is 19.2. The molecule has 0 bridgehead atoms. The molecule has 0 saturated carbocycles. The molecule has 0 heterocycles. The van der Waals surface area contributed by atoms with E-state index in [2.05, 4.69) is 10.6 Å². The minimum Gasteiger partial charge on any atom is -0.355 e. The number of hydrogen-bond donors (Lipinski definition) is 2. The average molecular weight is 358 g/mol. The minimum atomic E-state index is -0.317. The summed E-state index contributed by atoms with van der Waals surface area (Å²) in [7, 11) is 1.55. The van der Waals surface area contributed by atoms with Crippen LogP contribution in [-0.2, 0) is 0 Å². The van der Waals surface area contributed by atoms with Crippen LogP contribution in [0.3, 0.4) is 0 Å². The first-order valence-corrected chi connectivity index (χ1v) is 8.42. The first kappa shape index (κ1) is 18.1. The fourth-order valence-electron chi connectivity index (χ4n) is 2.61. The molecule has 0 atom stereocenters. The van der Waals surface area contributed by atoms with Crippen LogP contribution >= 0.6 is 0 Å². The molecule has 3 rings (SSSR count). The Kier molecular flexibility index (Phi) is 5.42. The zero-order valence-electron chi connectivity index (χ0n) is 14.7. The van der Waals surface area contributed by atoms with E-state index in [9.17, 15) is 14.4 Å². The molecular formula is C22H18N2O3. The first-order chi connectivity index (χ1) is 13.1. The Morgan fingerprint density at radius 2 is 1.22 bits per heavy atom. The smallest absolute Gasteiger partial charge is 0.255 e. The quantitative estimate of drug-likeness (QED) is 0.685. The van der Waals surface area contributed by atoms with E-state index in [1.807, 2.05) is 18.2 Å². The van der Waals surface area contributed by atoms with Crippen LogP contribution in [0.2, 0.25) is 0 Å². The van der Waals surface area contributed by atoms with Crippen LogP contribution in [0.4, 0.5) is 5.69 Å². The van der Waals surface area contributed by atoms with Gasteiger partial charge in [0.2, 0.25) is 0 Å². The van der Waals surface area contributed by atoms with Crippen LogP contribution in [0.25, 0.3) is 0 Å². The summed E-state index contributed by atoms with van der Waals surface area (Å²) < 4.78 is 0. The van der Waals surface area contributed by atoms with Crippen LogP contribution in [0.15, 0.2) is 78.9 Å². The molecule has 0 radical (unpaired) electrons. The van der Waals surface area contributed by atoms with Crippen molar-refractivity contribution in [2.24, 2.45) is 0 Å². The van der Waals surface area contributed by atoms with E-state index >= 15 is 0 Å². The normalized spacial score (nSPS) is 10.1. The Morgan fingerprint density at radius 1 is 0.630 bits per heavy atom. The first-order valence-electron chi connectivity index (χ1n) is 8.42. The van der Waals surface area contributed by atoms with E-state index in [-0.39, 0.29) is 17.6 Å². The highest BCUT2D eigenvalue weighted by atomic mass is 16.2. The van der Waals surface area contributed by atoms with Gasteiger partial charge in [0.15, 0.2) is 5.78 Å².